The van der Waals surface area contributed by atoms with E-state index in [1.54, 1.807) is 6.07 Å². The van der Waals surface area contributed by atoms with Gasteiger partial charge in [-0.1, -0.05) is 25.1 Å². The summed E-state index contributed by atoms with van der Waals surface area (Å²) in [6.07, 6.45) is 2.51. The molecule has 1 unspecified atom stereocenters. The number of halogens is 2. The van der Waals surface area contributed by atoms with E-state index in [4.69, 9.17) is 0 Å². The number of pyridine rings is 1. The van der Waals surface area contributed by atoms with Crippen LogP contribution in [0.2, 0.25) is 0 Å². The topological polar surface area (TPSA) is 24.9 Å². The minimum absolute atomic E-state index is 0.0762. The molecule has 2 nitrogen and oxygen atoms in total. The zero-order valence-corrected chi connectivity index (χ0v) is 13.2. The molecule has 0 saturated carbocycles. The second-order valence-corrected chi connectivity index (χ2v) is 5.64. The molecule has 0 saturated heterocycles. The van der Waals surface area contributed by atoms with Crippen molar-refractivity contribution >= 4 is 15.9 Å². The Labute approximate surface area is 127 Å². The normalized spacial score (nSPS) is 12.4. The van der Waals surface area contributed by atoms with Gasteiger partial charge in [-0.05, 0) is 47.1 Å². The van der Waals surface area contributed by atoms with Gasteiger partial charge >= 0.3 is 0 Å². The van der Waals surface area contributed by atoms with Crippen molar-refractivity contribution in [3.8, 4) is 0 Å². The van der Waals surface area contributed by atoms with Crippen LogP contribution in [0.5, 0.6) is 0 Å². The lowest BCUT2D eigenvalue weighted by Crippen LogP contribution is -2.24. The molecule has 0 spiro atoms. The highest BCUT2D eigenvalue weighted by Gasteiger charge is 2.17. The maximum atomic E-state index is 14.2. The largest absolute Gasteiger partial charge is 0.310 e. The Bertz CT molecular complexity index is 569. The summed E-state index contributed by atoms with van der Waals surface area (Å²) in [6, 6.07) is 9.34. The molecule has 2 rings (SSSR count). The van der Waals surface area contributed by atoms with E-state index in [2.05, 4.69) is 26.2 Å². The molecule has 0 amide bonds. The van der Waals surface area contributed by atoms with Crippen LogP contribution in [0.1, 0.15) is 29.8 Å². The Kier molecular flexibility index (Phi) is 5.26. The molecule has 1 N–H and O–H groups in total. The summed E-state index contributed by atoms with van der Waals surface area (Å²) in [5, 5.41) is 3.33. The summed E-state index contributed by atoms with van der Waals surface area (Å²) < 4.78 is 14.7. The fraction of sp³-hybridized carbons (Fsp3) is 0.312. The van der Waals surface area contributed by atoms with Gasteiger partial charge in [-0.15, -0.1) is 0 Å². The van der Waals surface area contributed by atoms with Crippen LogP contribution in [-0.4, -0.2) is 11.5 Å². The summed E-state index contributed by atoms with van der Waals surface area (Å²) in [7, 11) is 0. The molecule has 0 fully saturated rings. The van der Waals surface area contributed by atoms with Gasteiger partial charge in [0.1, 0.15) is 5.82 Å². The fourth-order valence-corrected chi connectivity index (χ4v) is 2.54. The van der Waals surface area contributed by atoms with Crippen molar-refractivity contribution in [3.63, 3.8) is 0 Å². The van der Waals surface area contributed by atoms with Crippen LogP contribution in [0, 0.1) is 12.7 Å². The van der Waals surface area contributed by atoms with Crippen molar-refractivity contribution < 1.29 is 4.39 Å². The van der Waals surface area contributed by atoms with Crippen molar-refractivity contribution in [2.45, 2.75) is 26.3 Å². The number of aryl methyl sites for hydroxylation is 1. The average Bonchev–Trinajstić information content (AvgIpc) is 2.44. The standard InChI is InChI=1S/C16H18BrFN2/c1-3-19-15(9-12-8-7-11(2)10-20-12)13-5-4-6-14(17)16(13)18/h4-8,10,15,19H,3,9H2,1-2H3. The summed E-state index contributed by atoms with van der Waals surface area (Å²) in [4.78, 5) is 4.40. The molecule has 0 bridgehead atoms. The van der Waals surface area contributed by atoms with Gasteiger partial charge in [-0.2, -0.15) is 0 Å². The van der Waals surface area contributed by atoms with Gasteiger partial charge in [0.25, 0.3) is 0 Å². The quantitative estimate of drug-likeness (QED) is 0.885. The molecule has 0 aliphatic rings. The Morgan fingerprint density at radius 2 is 2.10 bits per heavy atom. The third-order valence-electron chi connectivity index (χ3n) is 3.19. The highest BCUT2D eigenvalue weighted by atomic mass is 79.9. The second kappa shape index (κ2) is 6.95. The molecule has 2 aromatic rings. The monoisotopic (exact) mass is 336 g/mol. The van der Waals surface area contributed by atoms with Crippen molar-refractivity contribution in [1.82, 2.24) is 10.3 Å². The van der Waals surface area contributed by atoms with Gasteiger partial charge in [0.05, 0.1) is 4.47 Å². The van der Waals surface area contributed by atoms with Crippen LogP contribution < -0.4 is 5.32 Å². The van der Waals surface area contributed by atoms with Crippen molar-refractivity contribution in [1.29, 1.82) is 0 Å². The summed E-state index contributed by atoms with van der Waals surface area (Å²) in [5.74, 6) is -0.203. The second-order valence-electron chi connectivity index (χ2n) is 4.78. The van der Waals surface area contributed by atoms with Gasteiger partial charge in [0.2, 0.25) is 0 Å². The predicted molar refractivity (Wildman–Crippen MR) is 83.2 cm³/mol. The van der Waals surface area contributed by atoms with Crippen molar-refractivity contribution in [3.05, 3.63) is 63.6 Å². The molecule has 1 aromatic heterocycles. The van der Waals surface area contributed by atoms with E-state index in [0.29, 0.717) is 16.5 Å². The number of benzene rings is 1. The van der Waals surface area contributed by atoms with Crippen molar-refractivity contribution in [2.24, 2.45) is 0 Å². The summed E-state index contributed by atoms with van der Waals surface area (Å²) in [5.41, 5.74) is 2.76. The van der Waals surface area contributed by atoms with E-state index >= 15 is 0 Å². The SMILES string of the molecule is CCNC(Cc1ccc(C)cn1)c1cccc(Br)c1F. The van der Waals surface area contributed by atoms with E-state index in [1.807, 2.05) is 44.3 Å². The third-order valence-corrected chi connectivity index (χ3v) is 3.81. The first-order valence-corrected chi connectivity index (χ1v) is 7.50. The Morgan fingerprint density at radius 3 is 2.75 bits per heavy atom. The zero-order chi connectivity index (χ0) is 14.5. The lowest BCUT2D eigenvalue weighted by molar-refractivity contribution is 0.504. The third kappa shape index (κ3) is 3.64. The number of nitrogens with one attached hydrogen (secondary N) is 1. The maximum absolute atomic E-state index is 14.2. The van der Waals surface area contributed by atoms with E-state index < -0.39 is 0 Å². The first-order chi connectivity index (χ1) is 9.61. The minimum Gasteiger partial charge on any atom is -0.310 e. The molecule has 20 heavy (non-hydrogen) atoms. The lowest BCUT2D eigenvalue weighted by atomic mass is 10.0. The minimum atomic E-state index is -0.203. The number of hydrogen-bond acceptors (Lipinski definition) is 2. The smallest absolute Gasteiger partial charge is 0.142 e. The van der Waals surface area contributed by atoms with Crippen molar-refractivity contribution in [2.75, 3.05) is 6.54 Å². The Hall–Kier alpha value is -1.26. The maximum Gasteiger partial charge on any atom is 0.142 e. The van der Waals surface area contributed by atoms with Crippen LogP contribution in [0.4, 0.5) is 4.39 Å². The number of rotatable bonds is 5. The van der Waals surface area contributed by atoms with Crippen LogP contribution in [-0.2, 0) is 6.42 Å². The molecule has 1 atom stereocenters. The van der Waals surface area contributed by atoms with Crippen LogP contribution in [0.25, 0.3) is 0 Å². The lowest BCUT2D eigenvalue weighted by Gasteiger charge is -2.19. The summed E-state index contributed by atoms with van der Waals surface area (Å²) >= 11 is 3.24. The first kappa shape index (κ1) is 15.1. The highest BCUT2D eigenvalue weighted by Crippen LogP contribution is 2.25. The predicted octanol–water partition coefficient (Wildman–Crippen LogP) is 4.18. The first-order valence-electron chi connectivity index (χ1n) is 6.70. The van der Waals surface area contributed by atoms with Crippen LogP contribution >= 0.6 is 15.9 Å². The number of aromatic nitrogens is 1. The Morgan fingerprint density at radius 1 is 1.30 bits per heavy atom. The van der Waals surface area contributed by atoms with Gasteiger partial charge in [-0.25, -0.2) is 4.39 Å². The van der Waals surface area contributed by atoms with Crippen LogP contribution in [0.15, 0.2) is 41.0 Å². The zero-order valence-electron chi connectivity index (χ0n) is 11.7. The molecule has 4 heteroatoms. The van der Waals surface area contributed by atoms with E-state index in [9.17, 15) is 4.39 Å². The Balaban J connectivity index is 2.26. The molecule has 0 aliphatic carbocycles. The van der Waals surface area contributed by atoms with E-state index in [0.717, 1.165) is 17.8 Å². The fourth-order valence-electron chi connectivity index (χ4n) is 2.16. The van der Waals surface area contributed by atoms with Gasteiger partial charge in [-0.3, -0.25) is 4.98 Å². The van der Waals surface area contributed by atoms with Crippen LogP contribution in [0.3, 0.4) is 0 Å². The highest BCUT2D eigenvalue weighted by molar-refractivity contribution is 9.10. The van der Waals surface area contributed by atoms with E-state index in [1.165, 1.54) is 0 Å². The molecular formula is C16H18BrFN2. The van der Waals surface area contributed by atoms with Gasteiger partial charge < -0.3 is 5.32 Å². The molecule has 1 aromatic carbocycles. The number of hydrogen-bond donors (Lipinski definition) is 1. The number of likely N-dealkylation sites (N-methyl/N-ethyl adjacent to an activating group) is 1. The van der Waals surface area contributed by atoms with Gasteiger partial charge in [0, 0.05) is 29.9 Å². The summed E-state index contributed by atoms with van der Waals surface area (Å²) in [6.45, 7) is 4.81. The molecule has 1 heterocycles. The van der Waals surface area contributed by atoms with Gasteiger partial charge in [0.15, 0.2) is 0 Å². The number of nitrogens with zero attached hydrogens (tertiary/aromatic N) is 1. The average molecular weight is 337 g/mol. The molecule has 0 radical (unpaired) electrons. The van der Waals surface area contributed by atoms with E-state index in [-0.39, 0.29) is 11.9 Å². The molecular weight excluding hydrogens is 319 g/mol. The molecule has 0 aliphatic heterocycles. The molecule has 106 valence electrons.